The van der Waals surface area contributed by atoms with E-state index in [0.717, 1.165) is 5.92 Å². The van der Waals surface area contributed by atoms with Gasteiger partial charge in [-0.25, -0.2) is 0 Å². The standard InChI is InChI=1S/C15H17N/c1-11-2-4-15-8-12(3-5-14(15)6-11)7-13-9-16-10-13/h2-6,8,13,16H,7,9-10H2,1H3. The zero-order valence-electron chi connectivity index (χ0n) is 9.66. The highest BCUT2D eigenvalue weighted by molar-refractivity contribution is 5.83. The Labute approximate surface area is 96.5 Å². The van der Waals surface area contributed by atoms with Crippen molar-refractivity contribution in [2.24, 2.45) is 5.92 Å². The molecule has 0 bridgehead atoms. The summed E-state index contributed by atoms with van der Waals surface area (Å²) in [6.07, 6.45) is 1.22. The molecule has 16 heavy (non-hydrogen) atoms. The van der Waals surface area contributed by atoms with Crippen LogP contribution >= 0.6 is 0 Å². The molecule has 2 aromatic rings. The average Bonchev–Trinajstić information content (AvgIpc) is 2.23. The smallest absolute Gasteiger partial charge is 0.000506 e. The fourth-order valence-electron chi connectivity index (χ4n) is 2.37. The van der Waals surface area contributed by atoms with Gasteiger partial charge in [0.25, 0.3) is 0 Å². The lowest BCUT2D eigenvalue weighted by atomic mass is 9.93. The molecule has 0 aromatic heterocycles. The van der Waals surface area contributed by atoms with E-state index in [1.165, 1.54) is 41.4 Å². The minimum atomic E-state index is 0.850. The second kappa shape index (κ2) is 3.91. The highest BCUT2D eigenvalue weighted by atomic mass is 14.9. The molecule has 0 radical (unpaired) electrons. The first-order valence-electron chi connectivity index (χ1n) is 6.01. The van der Waals surface area contributed by atoms with Crippen LogP contribution in [-0.4, -0.2) is 13.1 Å². The summed E-state index contributed by atoms with van der Waals surface area (Å²) in [7, 11) is 0. The Morgan fingerprint density at radius 1 is 1.06 bits per heavy atom. The summed E-state index contributed by atoms with van der Waals surface area (Å²) in [5.41, 5.74) is 2.81. The fraction of sp³-hybridized carbons (Fsp3) is 0.333. The monoisotopic (exact) mass is 211 g/mol. The molecule has 1 heterocycles. The summed E-state index contributed by atoms with van der Waals surface area (Å²) in [4.78, 5) is 0. The number of nitrogens with one attached hydrogen (secondary N) is 1. The predicted octanol–water partition coefficient (Wildman–Crippen LogP) is 2.91. The van der Waals surface area contributed by atoms with Crippen molar-refractivity contribution in [3.8, 4) is 0 Å². The Balaban J connectivity index is 1.92. The maximum absolute atomic E-state index is 3.33. The van der Waals surface area contributed by atoms with Crippen molar-refractivity contribution < 1.29 is 0 Å². The van der Waals surface area contributed by atoms with Crippen molar-refractivity contribution in [3.63, 3.8) is 0 Å². The Hall–Kier alpha value is -1.34. The van der Waals surface area contributed by atoms with Gasteiger partial charge < -0.3 is 5.32 Å². The molecule has 0 aliphatic carbocycles. The topological polar surface area (TPSA) is 12.0 Å². The number of hydrogen-bond acceptors (Lipinski definition) is 1. The molecule has 1 aliphatic rings. The highest BCUT2D eigenvalue weighted by Gasteiger charge is 2.16. The maximum Gasteiger partial charge on any atom is -0.000506 e. The van der Waals surface area contributed by atoms with Gasteiger partial charge in [0.2, 0.25) is 0 Å². The average molecular weight is 211 g/mol. The summed E-state index contributed by atoms with van der Waals surface area (Å²) in [6.45, 7) is 4.52. The van der Waals surface area contributed by atoms with Crippen LogP contribution < -0.4 is 5.32 Å². The first-order chi connectivity index (χ1) is 7.81. The quantitative estimate of drug-likeness (QED) is 0.805. The van der Waals surface area contributed by atoms with Crippen LogP contribution in [0.5, 0.6) is 0 Å². The van der Waals surface area contributed by atoms with E-state index >= 15 is 0 Å². The van der Waals surface area contributed by atoms with Crippen molar-refractivity contribution in [2.75, 3.05) is 13.1 Å². The van der Waals surface area contributed by atoms with Gasteiger partial charge in [-0.15, -0.1) is 0 Å². The Kier molecular flexibility index (Phi) is 2.41. The van der Waals surface area contributed by atoms with Gasteiger partial charge >= 0.3 is 0 Å². The Bertz CT molecular complexity index is 512. The van der Waals surface area contributed by atoms with Gasteiger partial charge in [-0.05, 0) is 48.7 Å². The van der Waals surface area contributed by atoms with Gasteiger partial charge in [-0.2, -0.15) is 0 Å². The zero-order chi connectivity index (χ0) is 11.0. The number of aryl methyl sites for hydroxylation is 1. The maximum atomic E-state index is 3.33. The third kappa shape index (κ3) is 1.83. The van der Waals surface area contributed by atoms with Gasteiger partial charge in [0.05, 0.1) is 0 Å². The summed E-state index contributed by atoms with van der Waals surface area (Å²) >= 11 is 0. The minimum Gasteiger partial charge on any atom is -0.316 e. The molecule has 1 N–H and O–H groups in total. The molecule has 0 atom stereocenters. The molecule has 2 aromatic carbocycles. The molecular weight excluding hydrogens is 194 g/mol. The lowest BCUT2D eigenvalue weighted by Crippen LogP contribution is -2.43. The molecule has 0 unspecified atom stereocenters. The third-order valence-corrected chi connectivity index (χ3v) is 3.45. The molecule has 0 spiro atoms. The van der Waals surface area contributed by atoms with Crippen molar-refractivity contribution in [1.29, 1.82) is 0 Å². The number of benzene rings is 2. The second-order valence-electron chi connectivity index (χ2n) is 4.91. The van der Waals surface area contributed by atoms with E-state index in [0.29, 0.717) is 0 Å². The van der Waals surface area contributed by atoms with Crippen LogP contribution in [0, 0.1) is 12.8 Å². The molecule has 1 fully saturated rings. The second-order valence-corrected chi connectivity index (χ2v) is 4.91. The molecule has 3 rings (SSSR count). The molecule has 1 heteroatoms. The van der Waals surface area contributed by atoms with Gasteiger partial charge in [0, 0.05) is 0 Å². The van der Waals surface area contributed by atoms with E-state index in [1.807, 2.05) is 0 Å². The van der Waals surface area contributed by atoms with Crippen LogP contribution in [0.15, 0.2) is 36.4 Å². The summed E-state index contributed by atoms with van der Waals surface area (Å²) in [6, 6.07) is 13.5. The number of hydrogen-bond donors (Lipinski definition) is 1. The first-order valence-corrected chi connectivity index (χ1v) is 6.01. The fourth-order valence-corrected chi connectivity index (χ4v) is 2.37. The first kappa shape index (κ1) is 9.86. The highest BCUT2D eigenvalue weighted by Crippen LogP contribution is 2.20. The molecule has 0 saturated carbocycles. The van der Waals surface area contributed by atoms with E-state index in [-0.39, 0.29) is 0 Å². The SMILES string of the molecule is Cc1ccc2cc(CC3CNC3)ccc2c1. The van der Waals surface area contributed by atoms with Crippen LogP contribution in [0.4, 0.5) is 0 Å². The summed E-state index contributed by atoms with van der Waals surface area (Å²) < 4.78 is 0. The van der Waals surface area contributed by atoms with Gasteiger partial charge in [-0.3, -0.25) is 0 Å². The Morgan fingerprint density at radius 3 is 2.56 bits per heavy atom. The van der Waals surface area contributed by atoms with Crippen LogP contribution in [0.3, 0.4) is 0 Å². The van der Waals surface area contributed by atoms with Crippen LogP contribution in [0.25, 0.3) is 10.8 Å². The molecular formula is C15H17N. The molecule has 1 nitrogen and oxygen atoms in total. The molecule has 1 saturated heterocycles. The number of fused-ring (bicyclic) bond motifs is 1. The van der Waals surface area contributed by atoms with E-state index < -0.39 is 0 Å². The molecule has 1 aliphatic heterocycles. The third-order valence-electron chi connectivity index (χ3n) is 3.45. The van der Waals surface area contributed by atoms with E-state index in [1.54, 1.807) is 0 Å². The van der Waals surface area contributed by atoms with E-state index in [4.69, 9.17) is 0 Å². The van der Waals surface area contributed by atoms with Crippen LogP contribution in [0.2, 0.25) is 0 Å². The van der Waals surface area contributed by atoms with Gasteiger partial charge in [-0.1, -0.05) is 42.0 Å². The zero-order valence-corrected chi connectivity index (χ0v) is 9.66. The van der Waals surface area contributed by atoms with E-state index in [9.17, 15) is 0 Å². The van der Waals surface area contributed by atoms with Crippen molar-refractivity contribution in [1.82, 2.24) is 5.32 Å². The Morgan fingerprint density at radius 2 is 1.81 bits per heavy atom. The van der Waals surface area contributed by atoms with Gasteiger partial charge in [0.1, 0.15) is 0 Å². The van der Waals surface area contributed by atoms with Crippen LogP contribution in [0.1, 0.15) is 11.1 Å². The molecule has 0 amide bonds. The van der Waals surface area contributed by atoms with Crippen molar-refractivity contribution in [3.05, 3.63) is 47.5 Å². The van der Waals surface area contributed by atoms with E-state index in [2.05, 4.69) is 48.6 Å². The number of rotatable bonds is 2. The lowest BCUT2D eigenvalue weighted by molar-refractivity contribution is 0.346. The molecule has 82 valence electrons. The largest absolute Gasteiger partial charge is 0.316 e. The van der Waals surface area contributed by atoms with Crippen molar-refractivity contribution >= 4 is 10.8 Å². The van der Waals surface area contributed by atoms with Crippen LogP contribution in [-0.2, 0) is 6.42 Å². The summed E-state index contributed by atoms with van der Waals surface area (Å²) in [5.74, 6) is 0.850. The lowest BCUT2D eigenvalue weighted by Gasteiger charge is -2.27. The predicted molar refractivity (Wildman–Crippen MR) is 68.7 cm³/mol. The van der Waals surface area contributed by atoms with Crippen molar-refractivity contribution in [2.45, 2.75) is 13.3 Å². The summed E-state index contributed by atoms with van der Waals surface area (Å²) in [5, 5.41) is 6.05. The minimum absolute atomic E-state index is 0.850. The van der Waals surface area contributed by atoms with Gasteiger partial charge in [0.15, 0.2) is 0 Å². The normalized spacial score (nSPS) is 16.3.